The van der Waals surface area contributed by atoms with Crippen molar-refractivity contribution in [2.24, 2.45) is 5.73 Å². The molecular weight excluding hydrogens is 280 g/mol. The van der Waals surface area contributed by atoms with E-state index in [2.05, 4.69) is 15.0 Å². The molecule has 8 heteroatoms. The summed E-state index contributed by atoms with van der Waals surface area (Å²) in [6.45, 7) is 2.84. The molecule has 0 atom stereocenters. The number of sulfonamides is 1. The lowest BCUT2D eigenvalue weighted by Gasteiger charge is -2.08. The molecule has 0 aliphatic carbocycles. The summed E-state index contributed by atoms with van der Waals surface area (Å²) in [4.78, 5) is 14.7. The summed E-state index contributed by atoms with van der Waals surface area (Å²) in [6, 6.07) is 2.92. The van der Waals surface area contributed by atoms with Crippen LogP contribution in [0.3, 0.4) is 0 Å². The lowest BCUT2D eigenvalue weighted by molar-refractivity contribution is -0.118. The molecule has 1 amide bonds. The van der Waals surface area contributed by atoms with Crippen LogP contribution in [0.15, 0.2) is 23.2 Å². The number of pyridine rings is 1. The van der Waals surface area contributed by atoms with Crippen LogP contribution in [-0.2, 0) is 14.8 Å². The number of nitrogens with zero attached hydrogens (tertiary/aromatic N) is 1. The van der Waals surface area contributed by atoms with Gasteiger partial charge in [0.25, 0.3) is 0 Å². The van der Waals surface area contributed by atoms with Gasteiger partial charge in [0.1, 0.15) is 5.82 Å². The summed E-state index contributed by atoms with van der Waals surface area (Å²) in [6.07, 6.45) is 2.84. The minimum absolute atomic E-state index is 0.165. The van der Waals surface area contributed by atoms with Gasteiger partial charge in [-0.15, -0.1) is 0 Å². The summed E-state index contributed by atoms with van der Waals surface area (Å²) >= 11 is 0. The highest BCUT2D eigenvalue weighted by molar-refractivity contribution is 7.89. The van der Waals surface area contributed by atoms with E-state index in [0.717, 1.165) is 0 Å². The fourth-order valence-corrected chi connectivity index (χ4v) is 2.66. The smallest absolute Gasteiger partial charge is 0.240 e. The second-order valence-electron chi connectivity index (χ2n) is 4.23. The molecule has 1 aromatic heterocycles. The molecular formula is C12H20N4O3S. The standard InChI is InChI=1S/C12H20N4O3S/c1-2-14-12-9-10(6-8-15-12)20(18,19)16-7-4-3-5-11(13)17/h6,8-9,16H,2-5,7H2,1H3,(H2,13,17)(H,14,15). The number of primary amides is 1. The van der Waals surface area contributed by atoms with Crippen LogP contribution in [0.2, 0.25) is 0 Å². The van der Waals surface area contributed by atoms with E-state index in [1.807, 2.05) is 6.92 Å². The van der Waals surface area contributed by atoms with Crippen molar-refractivity contribution in [3.8, 4) is 0 Å². The molecule has 1 aromatic rings. The van der Waals surface area contributed by atoms with Gasteiger partial charge < -0.3 is 11.1 Å². The maximum Gasteiger partial charge on any atom is 0.240 e. The maximum absolute atomic E-state index is 12.0. The van der Waals surface area contributed by atoms with Gasteiger partial charge in [-0.25, -0.2) is 18.1 Å². The van der Waals surface area contributed by atoms with E-state index in [-0.39, 0.29) is 23.8 Å². The average Bonchev–Trinajstić information content (AvgIpc) is 2.38. The zero-order valence-electron chi connectivity index (χ0n) is 11.4. The first-order valence-electron chi connectivity index (χ1n) is 6.43. The topological polar surface area (TPSA) is 114 Å². The van der Waals surface area contributed by atoms with Crippen LogP contribution in [0, 0.1) is 0 Å². The SMILES string of the molecule is CCNc1cc(S(=O)(=O)NCCCCC(N)=O)ccn1. The number of amides is 1. The van der Waals surface area contributed by atoms with Crippen LogP contribution < -0.4 is 15.8 Å². The summed E-state index contributed by atoms with van der Waals surface area (Å²) < 4.78 is 26.5. The average molecular weight is 300 g/mol. The molecule has 20 heavy (non-hydrogen) atoms. The highest BCUT2D eigenvalue weighted by Crippen LogP contribution is 2.12. The number of carbonyl (C=O) groups is 1. The normalized spacial score (nSPS) is 11.2. The summed E-state index contributed by atoms with van der Waals surface area (Å²) in [5, 5.41) is 2.95. The molecule has 0 saturated carbocycles. The van der Waals surface area contributed by atoms with Gasteiger partial charge in [0, 0.05) is 31.8 Å². The third-order valence-electron chi connectivity index (χ3n) is 2.54. The fraction of sp³-hybridized carbons (Fsp3) is 0.500. The molecule has 0 bridgehead atoms. The zero-order chi connectivity index (χ0) is 15.0. The first-order valence-corrected chi connectivity index (χ1v) is 7.92. The minimum Gasteiger partial charge on any atom is -0.370 e. The number of aromatic nitrogens is 1. The second kappa shape index (κ2) is 7.81. The predicted molar refractivity (Wildman–Crippen MR) is 76.6 cm³/mol. The predicted octanol–water partition coefficient (Wildman–Crippen LogP) is 0.447. The number of nitrogens with one attached hydrogen (secondary N) is 2. The van der Waals surface area contributed by atoms with E-state index in [1.54, 1.807) is 0 Å². The van der Waals surface area contributed by atoms with Gasteiger partial charge in [0.05, 0.1) is 4.90 Å². The van der Waals surface area contributed by atoms with E-state index in [1.165, 1.54) is 18.3 Å². The van der Waals surface area contributed by atoms with Crippen LogP contribution in [-0.4, -0.2) is 32.4 Å². The molecule has 1 heterocycles. The quantitative estimate of drug-likeness (QED) is 0.573. The number of nitrogens with two attached hydrogens (primary N) is 1. The molecule has 0 aliphatic rings. The van der Waals surface area contributed by atoms with Crippen molar-refractivity contribution < 1.29 is 13.2 Å². The third kappa shape index (κ3) is 5.54. The van der Waals surface area contributed by atoms with Gasteiger partial charge in [-0.05, 0) is 25.8 Å². The summed E-state index contributed by atoms with van der Waals surface area (Å²) in [7, 11) is -3.55. The molecule has 0 unspecified atom stereocenters. The lowest BCUT2D eigenvalue weighted by atomic mass is 10.2. The van der Waals surface area contributed by atoms with Crippen LogP contribution >= 0.6 is 0 Å². The number of rotatable bonds is 9. The Balaban J connectivity index is 2.55. The molecule has 0 saturated heterocycles. The maximum atomic E-state index is 12.0. The van der Waals surface area contributed by atoms with Crippen molar-refractivity contribution in [2.45, 2.75) is 31.1 Å². The van der Waals surface area contributed by atoms with E-state index in [4.69, 9.17) is 5.73 Å². The van der Waals surface area contributed by atoms with Gasteiger partial charge in [0.15, 0.2) is 0 Å². The highest BCUT2D eigenvalue weighted by Gasteiger charge is 2.14. The minimum atomic E-state index is -3.55. The fourth-order valence-electron chi connectivity index (χ4n) is 1.57. The van der Waals surface area contributed by atoms with Crippen molar-refractivity contribution in [2.75, 3.05) is 18.4 Å². The van der Waals surface area contributed by atoms with E-state index in [0.29, 0.717) is 25.2 Å². The Morgan fingerprint density at radius 1 is 1.40 bits per heavy atom. The highest BCUT2D eigenvalue weighted by atomic mass is 32.2. The Morgan fingerprint density at radius 2 is 2.15 bits per heavy atom. The van der Waals surface area contributed by atoms with E-state index in [9.17, 15) is 13.2 Å². The van der Waals surface area contributed by atoms with Crippen molar-refractivity contribution in [1.82, 2.24) is 9.71 Å². The first kappa shape index (κ1) is 16.4. The van der Waals surface area contributed by atoms with Crippen molar-refractivity contribution in [3.05, 3.63) is 18.3 Å². The molecule has 7 nitrogen and oxygen atoms in total. The van der Waals surface area contributed by atoms with E-state index < -0.39 is 10.0 Å². The molecule has 0 spiro atoms. The number of hydrogen-bond donors (Lipinski definition) is 3. The number of carbonyl (C=O) groups excluding carboxylic acids is 1. The van der Waals surface area contributed by atoms with Gasteiger partial charge >= 0.3 is 0 Å². The summed E-state index contributed by atoms with van der Waals surface area (Å²) in [5.41, 5.74) is 5.01. The molecule has 0 aromatic carbocycles. The van der Waals surface area contributed by atoms with Crippen molar-refractivity contribution in [3.63, 3.8) is 0 Å². The molecule has 0 aliphatic heterocycles. The Kier molecular flexibility index (Phi) is 6.40. The van der Waals surface area contributed by atoms with Crippen LogP contribution in [0.5, 0.6) is 0 Å². The van der Waals surface area contributed by atoms with Gasteiger partial charge in [-0.1, -0.05) is 0 Å². The molecule has 0 radical (unpaired) electrons. The van der Waals surface area contributed by atoms with Gasteiger partial charge in [0.2, 0.25) is 15.9 Å². The molecule has 1 rings (SSSR count). The molecule has 112 valence electrons. The van der Waals surface area contributed by atoms with Gasteiger partial charge in [-0.2, -0.15) is 0 Å². The lowest BCUT2D eigenvalue weighted by Crippen LogP contribution is -2.25. The molecule has 0 fully saturated rings. The van der Waals surface area contributed by atoms with Crippen molar-refractivity contribution >= 4 is 21.7 Å². The van der Waals surface area contributed by atoms with Crippen molar-refractivity contribution in [1.29, 1.82) is 0 Å². The van der Waals surface area contributed by atoms with E-state index >= 15 is 0 Å². The number of hydrogen-bond acceptors (Lipinski definition) is 5. The van der Waals surface area contributed by atoms with Crippen LogP contribution in [0.1, 0.15) is 26.2 Å². The Morgan fingerprint density at radius 3 is 2.80 bits per heavy atom. The zero-order valence-corrected chi connectivity index (χ0v) is 12.2. The molecule has 4 N–H and O–H groups in total. The van der Waals surface area contributed by atoms with Crippen LogP contribution in [0.4, 0.5) is 5.82 Å². The number of anilines is 1. The Bertz CT molecular complexity index is 545. The second-order valence-corrected chi connectivity index (χ2v) is 6.00. The number of unbranched alkanes of at least 4 members (excludes halogenated alkanes) is 1. The summed E-state index contributed by atoms with van der Waals surface area (Å²) in [5.74, 6) is 0.140. The largest absolute Gasteiger partial charge is 0.370 e. The van der Waals surface area contributed by atoms with Crippen LogP contribution in [0.25, 0.3) is 0 Å². The third-order valence-corrected chi connectivity index (χ3v) is 4.00. The first-order chi connectivity index (χ1) is 9.45. The Hall–Kier alpha value is -1.67. The monoisotopic (exact) mass is 300 g/mol. The Labute approximate surface area is 119 Å². The van der Waals surface area contributed by atoms with Gasteiger partial charge in [-0.3, -0.25) is 4.79 Å².